The molecule has 2 saturated heterocycles. The predicted octanol–water partition coefficient (Wildman–Crippen LogP) is 4.58. The number of esters is 1. The van der Waals surface area contributed by atoms with Crippen LogP contribution < -0.4 is 31.9 Å². The number of anilines is 1. The van der Waals surface area contributed by atoms with Crippen LogP contribution >= 0.6 is 24.2 Å². The van der Waals surface area contributed by atoms with Gasteiger partial charge in [-0.2, -0.15) is 12.6 Å². The van der Waals surface area contributed by atoms with Crippen molar-refractivity contribution in [3.8, 4) is 0 Å². The second-order valence-electron chi connectivity index (χ2n) is 18.1. The third-order valence-corrected chi connectivity index (χ3v) is 13.2. The number of nitrogens with zero attached hydrogens (tertiary/aromatic N) is 1. The number of nitrogens with two attached hydrogens (primary N) is 1. The van der Waals surface area contributed by atoms with Gasteiger partial charge in [0.15, 0.2) is 5.78 Å². The SMILES string of the molecule is C/C1=C\C=C\C(C)C2(O)CC(OC(=O)N2)C(C)C2OC2(C)C(OC(=O)CCNC(=O)C(CCCNC(N)=O)CC(=O)C(NC(=O)CCS)C(C)C)CC(=O)N(C)c2cc(cc(C)c2Cl)C1. The number of amides is 6. The number of benzene rings is 1. The van der Waals surface area contributed by atoms with Gasteiger partial charge in [-0.1, -0.05) is 69.2 Å². The van der Waals surface area contributed by atoms with Gasteiger partial charge in [-0.25, -0.2) is 9.59 Å². The first-order valence-electron chi connectivity index (χ1n) is 22.2. The van der Waals surface area contributed by atoms with Crippen molar-refractivity contribution in [3.63, 3.8) is 0 Å². The maximum absolute atomic E-state index is 14.2. The van der Waals surface area contributed by atoms with Gasteiger partial charge in [-0.3, -0.25) is 29.3 Å². The van der Waals surface area contributed by atoms with Crippen molar-refractivity contribution in [2.45, 2.75) is 136 Å². The molecular formula is C46H67ClN6O11S. The van der Waals surface area contributed by atoms with E-state index in [4.69, 9.17) is 31.5 Å². The maximum atomic E-state index is 14.2. The molecule has 2 fully saturated rings. The highest BCUT2D eigenvalue weighted by Gasteiger charge is 2.64. The number of rotatable bonds is 16. The van der Waals surface area contributed by atoms with Crippen molar-refractivity contribution in [2.24, 2.45) is 29.4 Å². The van der Waals surface area contributed by atoms with Crippen LogP contribution in [0.5, 0.6) is 0 Å². The molecule has 4 rings (SSSR count). The normalized spacial score (nSPS) is 28.0. The van der Waals surface area contributed by atoms with Crippen molar-refractivity contribution in [1.29, 1.82) is 0 Å². The van der Waals surface area contributed by atoms with Gasteiger partial charge in [0, 0.05) is 57.2 Å². The number of hydrogen-bond donors (Lipinski definition) is 7. The Bertz CT molecular complexity index is 2020. The molecule has 360 valence electrons. The molecule has 3 aliphatic rings. The average Bonchev–Trinajstić information content (AvgIpc) is 3.92. The zero-order valence-corrected chi connectivity index (χ0v) is 40.3. The van der Waals surface area contributed by atoms with E-state index >= 15 is 0 Å². The summed E-state index contributed by atoms with van der Waals surface area (Å²) in [5.74, 6) is -4.27. The summed E-state index contributed by atoms with van der Waals surface area (Å²) in [5.41, 5.74) is 5.42. The number of carbonyl (C=O) groups excluding carboxylic acids is 7. The minimum atomic E-state index is -1.65. The number of fused-ring (bicyclic) bond motifs is 5. The smallest absolute Gasteiger partial charge is 0.409 e. The van der Waals surface area contributed by atoms with Gasteiger partial charge >= 0.3 is 18.1 Å². The number of alkyl carbamates (subject to hydrolysis) is 1. The van der Waals surface area contributed by atoms with Gasteiger partial charge in [0.25, 0.3) is 0 Å². The van der Waals surface area contributed by atoms with Crippen molar-refractivity contribution < 1.29 is 52.9 Å². The average molecular weight is 948 g/mol. The Balaban J connectivity index is 1.56. The molecule has 1 aromatic carbocycles. The Morgan fingerprint density at radius 1 is 1.11 bits per heavy atom. The molecule has 3 aliphatic heterocycles. The minimum Gasteiger partial charge on any atom is -0.459 e. The third kappa shape index (κ3) is 14.4. The van der Waals surface area contributed by atoms with Crippen molar-refractivity contribution in [3.05, 3.63) is 52.1 Å². The quantitative estimate of drug-likeness (QED) is 0.0523. The second-order valence-corrected chi connectivity index (χ2v) is 19.0. The lowest BCUT2D eigenvalue weighted by atomic mass is 9.82. The van der Waals surface area contributed by atoms with Crippen LogP contribution in [0.1, 0.15) is 97.6 Å². The largest absolute Gasteiger partial charge is 0.459 e. The van der Waals surface area contributed by atoms with E-state index in [0.29, 0.717) is 29.3 Å². The molecule has 6 amide bonds. The van der Waals surface area contributed by atoms with E-state index in [1.807, 2.05) is 44.2 Å². The number of nitrogens with one attached hydrogen (secondary N) is 4. The number of epoxide rings is 1. The Morgan fingerprint density at radius 3 is 2.48 bits per heavy atom. The van der Waals surface area contributed by atoms with Crippen molar-refractivity contribution >= 4 is 71.5 Å². The zero-order valence-electron chi connectivity index (χ0n) is 38.7. The maximum Gasteiger partial charge on any atom is 0.409 e. The fourth-order valence-corrected chi connectivity index (χ4v) is 8.86. The number of thiol groups is 1. The molecule has 17 nitrogen and oxygen atoms in total. The summed E-state index contributed by atoms with van der Waals surface area (Å²) in [6.45, 7) is 12.7. The van der Waals surface area contributed by atoms with E-state index in [2.05, 4.69) is 33.9 Å². The number of allylic oxidation sites excluding steroid dienone is 3. The summed E-state index contributed by atoms with van der Waals surface area (Å²) in [6.07, 6.45) is 2.44. The molecule has 65 heavy (non-hydrogen) atoms. The molecule has 7 N–H and O–H groups in total. The highest BCUT2D eigenvalue weighted by Crippen LogP contribution is 2.49. The summed E-state index contributed by atoms with van der Waals surface area (Å²) in [5, 5.41) is 22.6. The molecule has 0 spiro atoms. The molecule has 9 unspecified atom stereocenters. The lowest BCUT2D eigenvalue weighted by Gasteiger charge is -2.41. The molecule has 9 atom stereocenters. The monoisotopic (exact) mass is 946 g/mol. The van der Waals surface area contributed by atoms with Crippen LogP contribution in [0.15, 0.2) is 35.9 Å². The van der Waals surface area contributed by atoms with E-state index in [9.17, 15) is 38.7 Å². The molecule has 0 radical (unpaired) electrons. The van der Waals surface area contributed by atoms with Gasteiger partial charge in [0.05, 0.1) is 35.7 Å². The number of ketones is 1. The lowest BCUT2D eigenvalue weighted by Crippen LogP contribution is -2.60. The third-order valence-electron chi connectivity index (χ3n) is 12.5. The first-order valence-corrected chi connectivity index (χ1v) is 23.2. The highest BCUT2D eigenvalue weighted by atomic mass is 35.5. The van der Waals surface area contributed by atoms with Gasteiger partial charge < -0.3 is 45.9 Å². The number of Topliss-reactive ketones (excluding diaryl/α,β-unsaturated/α-hetero) is 1. The molecular weight excluding hydrogens is 880 g/mol. The molecule has 19 heteroatoms. The zero-order chi connectivity index (χ0) is 48.4. The summed E-state index contributed by atoms with van der Waals surface area (Å²) in [7, 11) is 1.59. The molecule has 0 aromatic heterocycles. The number of carbonyl (C=O) groups is 7. The number of aryl methyl sites for hydroxylation is 1. The van der Waals surface area contributed by atoms with Crippen LogP contribution in [0.4, 0.5) is 15.3 Å². The van der Waals surface area contributed by atoms with Crippen LogP contribution in [0.25, 0.3) is 0 Å². The number of ether oxygens (including phenoxy) is 3. The number of urea groups is 1. The summed E-state index contributed by atoms with van der Waals surface area (Å²) < 4.78 is 18.0. The van der Waals surface area contributed by atoms with Crippen LogP contribution in [-0.2, 0) is 44.6 Å². The standard InChI is InChI=1S/C46H67ClN6O11S/c1-25(2)40(51-36(55)15-18-65)33(54)22-31(13-10-16-50-43(48)59)42(58)49-17-14-38(57)63-35-23-37(56)53(8)32-21-30(20-27(4)39(32)47)19-26(3)11-9-12-28(5)46(61)24-34(62-44(60)52-46)29(6)41-45(35,7)64-41/h9,11-12,20-21,25,28-29,31,34-35,40-41,61,65H,10,13-19,22-24H2,1-8H3,(H,49,58)(H,51,55)(H,52,60)(H3,48,50,59)/b12-9+,26-11+. The van der Waals surface area contributed by atoms with E-state index in [1.54, 1.807) is 41.7 Å². The van der Waals surface area contributed by atoms with Crippen LogP contribution in [0, 0.1) is 30.6 Å². The first kappa shape index (κ1) is 53.0. The van der Waals surface area contributed by atoms with Gasteiger partial charge in [-0.15, -0.1) is 0 Å². The fourth-order valence-electron chi connectivity index (χ4n) is 8.42. The Kier molecular flexibility index (Phi) is 18.9. The highest BCUT2D eigenvalue weighted by molar-refractivity contribution is 7.80. The fraction of sp³-hybridized carbons (Fsp3) is 0.630. The Hall–Kier alpha value is -4.65. The van der Waals surface area contributed by atoms with E-state index in [0.717, 1.165) is 16.7 Å². The summed E-state index contributed by atoms with van der Waals surface area (Å²) in [4.78, 5) is 93.0. The summed E-state index contributed by atoms with van der Waals surface area (Å²) in [6, 6.07) is 2.20. The number of aliphatic hydroxyl groups is 1. The predicted molar refractivity (Wildman–Crippen MR) is 248 cm³/mol. The molecule has 4 bridgehead atoms. The summed E-state index contributed by atoms with van der Waals surface area (Å²) >= 11 is 10.9. The van der Waals surface area contributed by atoms with Crippen LogP contribution in [0.2, 0.25) is 5.02 Å². The topological polar surface area (TPSA) is 248 Å². The van der Waals surface area contributed by atoms with Crippen LogP contribution in [0.3, 0.4) is 0 Å². The Labute approximate surface area is 392 Å². The van der Waals surface area contributed by atoms with E-state index in [1.165, 1.54) is 4.90 Å². The number of hydrogen-bond acceptors (Lipinski definition) is 12. The second kappa shape index (κ2) is 23.2. The van der Waals surface area contributed by atoms with Crippen LogP contribution in [-0.4, -0.2) is 108 Å². The van der Waals surface area contributed by atoms with E-state index < -0.39 is 83.3 Å². The van der Waals surface area contributed by atoms with Gasteiger partial charge in [-0.05, 0) is 68.9 Å². The molecule has 1 aromatic rings. The lowest BCUT2D eigenvalue weighted by molar-refractivity contribution is -0.153. The molecule has 0 saturated carbocycles. The molecule has 0 aliphatic carbocycles. The van der Waals surface area contributed by atoms with Gasteiger partial charge in [0.2, 0.25) is 17.7 Å². The Morgan fingerprint density at radius 2 is 1.82 bits per heavy atom. The van der Waals surface area contributed by atoms with Crippen molar-refractivity contribution in [2.75, 3.05) is 30.8 Å². The number of halogens is 1. The number of primary amides is 1. The first-order chi connectivity index (χ1) is 30.5. The van der Waals surface area contributed by atoms with Crippen molar-refractivity contribution in [1.82, 2.24) is 21.3 Å². The minimum absolute atomic E-state index is 0.0244. The van der Waals surface area contributed by atoms with Gasteiger partial charge in [0.1, 0.15) is 23.5 Å². The molecule has 3 heterocycles. The van der Waals surface area contributed by atoms with E-state index in [-0.39, 0.29) is 69.2 Å².